The van der Waals surface area contributed by atoms with Gasteiger partial charge in [0.25, 0.3) is 0 Å². The van der Waals surface area contributed by atoms with Gasteiger partial charge in [-0.15, -0.1) is 0 Å². The Labute approximate surface area is 114 Å². The van der Waals surface area contributed by atoms with Crippen molar-refractivity contribution in [2.24, 2.45) is 5.92 Å². The minimum atomic E-state index is 0.187. The fraction of sp³-hybridized carbons (Fsp3) is 0.600. The summed E-state index contributed by atoms with van der Waals surface area (Å²) < 4.78 is 0. The minimum absolute atomic E-state index is 0.187. The summed E-state index contributed by atoms with van der Waals surface area (Å²) in [5.74, 6) is 1.34. The lowest BCUT2D eigenvalue weighted by atomic mass is 9.83. The molecule has 0 radical (unpaired) electrons. The molecule has 1 saturated carbocycles. The maximum atomic E-state index is 9.23. The van der Waals surface area contributed by atoms with Gasteiger partial charge in [0.05, 0.1) is 11.6 Å². The number of nitriles is 1. The lowest BCUT2D eigenvalue weighted by Crippen LogP contribution is -2.32. The fourth-order valence-electron chi connectivity index (χ4n) is 2.87. The molecule has 4 nitrogen and oxygen atoms in total. The highest BCUT2D eigenvalue weighted by Crippen LogP contribution is 2.29. The molecule has 1 heterocycles. The first kappa shape index (κ1) is 13.8. The van der Waals surface area contributed by atoms with Gasteiger partial charge in [0.1, 0.15) is 5.82 Å². The van der Waals surface area contributed by atoms with Gasteiger partial charge in [0.15, 0.2) is 0 Å². The number of aliphatic hydroxyl groups excluding tert-OH is 1. The van der Waals surface area contributed by atoms with Crippen LogP contribution in [0, 0.1) is 17.2 Å². The second-order valence-corrected chi connectivity index (χ2v) is 5.20. The van der Waals surface area contributed by atoms with Crippen LogP contribution in [0.3, 0.4) is 0 Å². The Kier molecular flexibility index (Phi) is 5.17. The van der Waals surface area contributed by atoms with Crippen LogP contribution in [0.5, 0.6) is 0 Å². The van der Waals surface area contributed by atoms with Gasteiger partial charge in [-0.1, -0.05) is 19.3 Å². The molecule has 19 heavy (non-hydrogen) atoms. The molecule has 0 bridgehead atoms. The lowest BCUT2D eigenvalue weighted by molar-refractivity contribution is 0.239. The third kappa shape index (κ3) is 3.93. The molecule has 0 saturated heterocycles. The number of rotatable bonds is 5. The van der Waals surface area contributed by atoms with E-state index >= 15 is 0 Å². The molecule has 102 valence electrons. The van der Waals surface area contributed by atoms with Crippen molar-refractivity contribution in [3.8, 4) is 6.07 Å². The molecule has 0 amide bonds. The van der Waals surface area contributed by atoms with Gasteiger partial charge >= 0.3 is 0 Å². The van der Waals surface area contributed by atoms with Gasteiger partial charge in [0, 0.05) is 18.8 Å². The van der Waals surface area contributed by atoms with E-state index in [1.807, 2.05) is 0 Å². The Morgan fingerprint density at radius 1 is 1.42 bits per heavy atom. The molecule has 1 fully saturated rings. The first-order chi connectivity index (χ1) is 9.33. The van der Waals surface area contributed by atoms with E-state index in [1.54, 1.807) is 18.3 Å². The Hall–Kier alpha value is -1.60. The molecule has 1 aliphatic carbocycles. The first-order valence-electron chi connectivity index (χ1n) is 7.07. The second kappa shape index (κ2) is 7.10. The average molecular weight is 259 g/mol. The summed E-state index contributed by atoms with van der Waals surface area (Å²) in [6.07, 6.45) is 8.70. The van der Waals surface area contributed by atoms with Crippen LogP contribution in [0.4, 0.5) is 5.82 Å². The van der Waals surface area contributed by atoms with Crippen molar-refractivity contribution in [3.05, 3.63) is 23.9 Å². The van der Waals surface area contributed by atoms with Gasteiger partial charge in [-0.2, -0.15) is 5.26 Å². The smallest absolute Gasteiger partial charge is 0.127 e. The topological polar surface area (TPSA) is 68.9 Å². The molecule has 2 rings (SSSR count). The zero-order chi connectivity index (χ0) is 13.5. The van der Waals surface area contributed by atoms with Crippen LogP contribution in [-0.4, -0.2) is 22.7 Å². The zero-order valence-corrected chi connectivity index (χ0v) is 11.2. The highest BCUT2D eigenvalue weighted by Gasteiger charge is 2.23. The summed E-state index contributed by atoms with van der Waals surface area (Å²) in [4.78, 5) is 4.26. The molecule has 0 aliphatic heterocycles. The van der Waals surface area contributed by atoms with E-state index < -0.39 is 0 Å². The summed E-state index contributed by atoms with van der Waals surface area (Å²) in [5.41, 5.74) is 0.615. The normalized spacial score (nSPS) is 17.7. The predicted octanol–water partition coefficient (Wildman–Crippen LogP) is 2.70. The molecular formula is C15H21N3O. The Balaban J connectivity index is 2.04. The predicted molar refractivity (Wildman–Crippen MR) is 74.6 cm³/mol. The van der Waals surface area contributed by atoms with Crippen LogP contribution in [0.1, 0.15) is 44.1 Å². The standard InChI is InChI=1S/C15H21N3O/c16-11-12-6-8-17-15(10-12)18-14(7-9-19)13-4-2-1-3-5-13/h6,8,10,13-14,19H,1-5,7,9H2,(H,17,18)/t14-/m0/s1. The molecule has 1 atom stereocenters. The highest BCUT2D eigenvalue weighted by atomic mass is 16.3. The molecule has 4 heteroatoms. The average Bonchev–Trinajstić information content (AvgIpc) is 2.48. The molecule has 0 unspecified atom stereocenters. The molecule has 1 aromatic rings. The van der Waals surface area contributed by atoms with Crippen molar-refractivity contribution in [2.45, 2.75) is 44.6 Å². The largest absolute Gasteiger partial charge is 0.396 e. The van der Waals surface area contributed by atoms with Crippen LogP contribution in [0.15, 0.2) is 18.3 Å². The molecule has 1 aromatic heterocycles. The fourth-order valence-corrected chi connectivity index (χ4v) is 2.87. The Bertz CT molecular complexity index is 435. The zero-order valence-electron chi connectivity index (χ0n) is 11.2. The van der Waals surface area contributed by atoms with Crippen LogP contribution >= 0.6 is 0 Å². The number of pyridine rings is 1. The second-order valence-electron chi connectivity index (χ2n) is 5.20. The summed E-state index contributed by atoms with van der Waals surface area (Å²) in [5, 5.41) is 21.5. The van der Waals surface area contributed by atoms with Gasteiger partial charge in [0.2, 0.25) is 0 Å². The van der Waals surface area contributed by atoms with E-state index in [0.29, 0.717) is 11.5 Å². The number of aliphatic hydroxyl groups is 1. The van der Waals surface area contributed by atoms with E-state index in [2.05, 4.69) is 16.4 Å². The Morgan fingerprint density at radius 2 is 2.21 bits per heavy atom. The van der Waals surface area contributed by atoms with Crippen molar-refractivity contribution in [2.75, 3.05) is 11.9 Å². The summed E-state index contributed by atoms with van der Waals surface area (Å²) in [6.45, 7) is 0.187. The van der Waals surface area contributed by atoms with E-state index in [9.17, 15) is 5.11 Å². The highest BCUT2D eigenvalue weighted by molar-refractivity contribution is 5.43. The van der Waals surface area contributed by atoms with E-state index in [0.717, 1.165) is 12.2 Å². The van der Waals surface area contributed by atoms with Crippen molar-refractivity contribution in [1.29, 1.82) is 5.26 Å². The third-order valence-electron chi connectivity index (χ3n) is 3.88. The van der Waals surface area contributed by atoms with Crippen molar-refractivity contribution >= 4 is 5.82 Å². The molecule has 2 N–H and O–H groups in total. The van der Waals surface area contributed by atoms with E-state index in [1.165, 1.54) is 32.1 Å². The lowest BCUT2D eigenvalue weighted by Gasteiger charge is -2.31. The van der Waals surface area contributed by atoms with E-state index in [4.69, 9.17) is 5.26 Å². The number of aromatic nitrogens is 1. The quantitative estimate of drug-likeness (QED) is 0.853. The summed E-state index contributed by atoms with van der Waals surface area (Å²) in [7, 11) is 0. The van der Waals surface area contributed by atoms with Crippen molar-refractivity contribution in [1.82, 2.24) is 4.98 Å². The maximum Gasteiger partial charge on any atom is 0.127 e. The SMILES string of the molecule is N#Cc1ccnc(N[C@@H](CCO)C2CCCCC2)c1. The third-order valence-corrected chi connectivity index (χ3v) is 3.88. The van der Waals surface area contributed by atoms with Crippen LogP contribution < -0.4 is 5.32 Å². The van der Waals surface area contributed by atoms with E-state index in [-0.39, 0.29) is 12.6 Å². The number of anilines is 1. The van der Waals surface area contributed by atoms with Gasteiger partial charge in [-0.05, 0) is 37.3 Å². The minimum Gasteiger partial charge on any atom is -0.396 e. The van der Waals surface area contributed by atoms with Gasteiger partial charge in [-0.3, -0.25) is 0 Å². The molecular weight excluding hydrogens is 238 g/mol. The summed E-state index contributed by atoms with van der Waals surface area (Å²) in [6, 6.07) is 5.85. The van der Waals surface area contributed by atoms with Crippen LogP contribution in [-0.2, 0) is 0 Å². The van der Waals surface area contributed by atoms with Crippen LogP contribution in [0.25, 0.3) is 0 Å². The first-order valence-corrected chi connectivity index (χ1v) is 7.07. The maximum absolute atomic E-state index is 9.23. The Morgan fingerprint density at radius 3 is 2.89 bits per heavy atom. The van der Waals surface area contributed by atoms with Gasteiger partial charge < -0.3 is 10.4 Å². The molecule has 0 spiro atoms. The number of nitrogens with zero attached hydrogens (tertiary/aromatic N) is 2. The van der Waals surface area contributed by atoms with Crippen LogP contribution in [0.2, 0.25) is 0 Å². The van der Waals surface area contributed by atoms with Crippen molar-refractivity contribution < 1.29 is 5.11 Å². The monoisotopic (exact) mass is 259 g/mol. The molecule has 0 aromatic carbocycles. The number of hydrogen-bond acceptors (Lipinski definition) is 4. The number of nitrogens with one attached hydrogen (secondary N) is 1. The van der Waals surface area contributed by atoms with Gasteiger partial charge in [-0.25, -0.2) is 4.98 Å². The van der Waals surface area contributed by atoms with Crippen molar-refractivity contribution in [3.63, 3.8) is 0 Å². The number of hydrogen-bond donors (Lipinski definition) is 2. The summed E-state index contributed by atoms with van der Waals surface area (Å²) >= 11 is 0. The molecule has 1 aliphatic rings.